The predicted molar refractivity (Wildman–Crippen MR) is 163 cm³/mol. The van der Waals surface area contributed by atoms with Gasteiger partial charge in [0.2, 0.25) is 5.91 Å². The van der Waals surface area contributed by atoms with E-state index in [4.69, 9.17) is 0 Å². The maximum atomic E-state index is 14.9. The molecule has 4 heterocycles. The van der Waals surface area contributed by atoms with Crippen molar-refractivity contribution in [3.05, 3.63) is 75.5 Å². The summed E-state index contributed by atoms with van der Waals surface area (Å²) in [5.74, 6) is 0.424. The number of carbonyl (C=O) groups is 1. The van der Waals surface area contributed by atoms with Crippen LogP contribution in [-0.2, 0) is 11.2 Å². The Morgan fingerprint density at radius 2 is 1.65 bits per heavy atom. The second-order valence-corrected chi connectivity index (χ2v) is 12.1. The van der Waals surface area contributed by atoms with Crippen molar-refractivity contribution in [2.45, 2.75) is 25.5 Å². The van der Waals surface area contributed by atoms with Gasteiger partial charge in [0.25, 0.3) is 5.56 Å². The van der Waals surface area contributed by atoms with Crippen LogP contribution in [-0.4, -0.2) is 119 Å². The van der Waals surface area contributed by atoms with Crippen LogP contribution >= 0.6 is 0 Å². The van der Waals surface area contributed by atoms with Crippen molar-refractivity contribution in [3.8, 4) is 0 Å². The Morgan fingerprint density at radius 1 is 0.953 bits per heavy atom. The highest BCUT2D eigenvalue weighted by molar-refractivity contribution is 5.83. The first-order valence-electron chi connectivity index (χ1n) is 15.5. The van der Waals surface area contributed by atoms with E-state index in [1.54, 1.807) is 24.3 Å². The summed E-state index contributed by atoms with van der Waals surface area (Å²) in [5.41, 5.74) is 1.41. The van der Waals surface area contributed by atoms with Gasteiger partial charge in [-0.1, -0.05) is 24.3 Å². The zero-order valence-electron chi connectivity index (χ0n) is 24.7. The van der Waals surface area contributed by atoms with Crippen LogP contribution in [0.2, 0.25) is 0 Å². The zero-order chi connectivity index (χ0) is 29.8. The number of nitrogens with one attached hydrogen (secondary N) is 2. The second-order valence-electron chi connectivity index (χ2n) is 12.1. The van der Waals surface area contributed by atoms with Crippen LogP contribution in [0, 0.1) is 11.7 Å². The summed E-state index contributed by atoms with van der Waals surface area (Å²) < 4.78 is 14.9. The van der Waals surface area contributed by atoms with Crippen molar-refractivity contribution < 1.29 is 14.3 Å². The first-order valence-corrected chi connectivity index (χ1v) is 15.5. The fraction of sp³-hybridized carbons (Fsp3) is 0.531. The first-order chi connectivity index (χ1) is 20.9. The van der Waals surface area contributed by atoms with Gasteiger partial charge in [0.05, 0.1) is 17.6 Å². The molecule has 10 nitrogen and oxygen atoms in total. The molecule has 3 N–H and O–H groups in total. The van der Waals surface area contributed by atoms with E-state index in [9.17, 15) is 19.1 Å². The summed E-state index contributed by atoms with van der Waals surface area (Å²) in [5, 5.41) is 22.7. The van der Waals surface area contributed by atoms with E-state index in [-0.39, 0.29) is 17.0 Å². The standard InChI is InChI=1S/C32H42FN7O3/c33-28-6-5-24(20-29-25-3-1-2-4-26(25)31(42)36-35-29)19-27(28)32(43)40-17-15-39(16-18-40)30(41)22-38-13-11-37(12-14-38)21-23-7-9-34-10-8-23/h1-6,19,23,32,34,43H,7-18,20-22H2,(H,36,42). The topological polar surface area (TPSA) is 108 Å². The molecule has 3 aliphatic rings. The van der Waals surface area contributed by atoms with E-state index in [1.807, 2.05) is 21.9 Å². The summed E-state index contributed by atoms with van der Waals surface area (Å²) >= 11 is 0. The lowest BCUT2D eigenvalue weighted by atomic mass is 9.97. The zero-order valence-corrected chi connectivity index (χ0v) is 24.7. The Morgan fingerprint density at radius 3 is 2.40 bits per heavy atom. The largest absolute Gasteiger partial charge is 0.374 e. The SMILES string of the molecule is O=C(CN1CCN(CC2CCNCC2)CC1)N1CCN(C(O)c2cc(Cc3n[nH]c(=O)c4ccccc34)ccc2F)CC1. The van der Waals surface area contributed by atoms with E-state index >= 15 is 0 Å². The summed E-state index contributed by atoms with van der Waals surface area (Å²) in [6, 6.07) is 12.0. The number of H-pyrrole nitrogens is 1. The fourth-order valence-electron chi connectivity index (χ4n) is 6.66. The third-order valence-corrected chi connectivity index (χ3v) is 9.30. The van der Waals surface area contributed by atoms with E-state index in [1.165, 1.54) is 18.9 Å². The minimum absolute atomic E-state index is 0.120. The lowest BCUT2D eigenvalue weighted by Gasteiger charge is -2.40. The molecule has 2 aromatic carbocycles. The number of halogens is 1. The van der Waals surface area contributed by atoms with E-state index in [0.29, 0.717) is 50.2 Å². The molecule has 1 amide bonds. The van der Waals surface area contributed by atoms with E-state index in [2.05, 4.69) is 25.3 Å². The van der Waals surface area contributed by atoms with Gasteiger partial charge in [0.15, 0.2) is 0 Å². The molecule has 11 heteroatoms. The lowest BCUT2D eigenvalue weighted by Crippen LogP contribution is -2.54. The number of amides is 1. The van der Waals surface area contributed by atoms with Gasteiger partial charge in [-0.2, -0.15) is 5.10 Å². The van der Waals surface area contributed by atoms with E-state index in [0.717, 1.165) is 62.7 Å². The molecule has 230 valence electrons. The van der Waals surface area contributed by atoms with Gasteiger partial charge in [0.1, 0.15) is 12.0 Å². The monoisotopic (exact) mass is 591 g/mol. The highest BCUT2D eigenvalue weighted by Crippen LogP contribution is 2.25. The molecule has 3 aliphatic heterocycles. The van der Waals surface area contributed by atoms with Crippen LogP contribution < -0.4 is 10.9 Å². The maximum absolute atomic E-state index is 14.9. The third-order valence-electron chi connectivity index (χ3n) is 9.30. The van der Waals surface area contributed by atoms with Crippen LogP contribution in [0.1, 0.15) is 35.9 Å². The number of carbonyl (C=O) groups excluding carboxylic acids is 1. The number of rotatable bonds is 8. The molecular formula is C32H42FN7O3. The molecular weight excluding hydrogens is 549 g/mol. The van der Waals surface area contributed by atoms with Crippen molar-refractivity contribution in [1.82, 2.24) is 35.1 Å². The van der Waals surface area contributed by atoms with Crippen molar-refractivity contribution in [1.29, 1.82) is 0 Å². The number of aliphatic hydroxyl groups is 1. The molecule has 1 atom stereocenters. The molecule has 0 bridgehead atoms. The smallest absolute Gasteiger partial charge is 0.272 e. The number of hydrogen-bond acceptors (Lipinski definition) is 8. The quantitative estimate of drug-likeness (QED) is 0.361. The Hall–Kier alpha value is -3.22. The average Bonchev–Trinajstić information content (AvgIpc) is 3.04. The first kappa shape index (κ1) is 29.8. The molecule has 3 fully saturated rings. The summed E-state index contributed by atoms with van der Waals surface area (Å²) in [4.78, 5) is 33.7. The molecule has 3 saturated heterocycles. The summed E-state index contributed by atoms with van der Waals surface area (Å²) in [6.45, 7) is 9.61. The van der Waals surface area contributed by atoms with Gasteiger partial charge in [-0.15, -0.1) is 0 Å². The van der Waals surface area contributed by atoms with Gasteiger partial charge >= 0.3 is 0 Å². The number of benzene rings is 2. The van der Waals surface area contributed by atoms with Crippen molar-refractivity contribution in [2.75, 3.05) is 78.5 Å². The lowest BCUT2D eigenvalue weighted by molar-refractivity contribution is -0.136. The molecule has 0 aliphatic carbocycles. The summed E-state index contributed by atoms with van der Waals surface area (Å²) in [6.07, 6.45) is 1.77. The maximum Gasteiger partial charge on any atom is 0.272 e. The van der Waals surface area contributed by atoms with Crippen molar-refractivity contribution >= 4 is 16.7 Å². The predicted octanol–water partition coefficient (Wildman–Crippen LogP) is 1.41. The summed E-state index contributed by atoms with van der Waals surface area (Å²) in [7, 11) is 0. The Balaban J connectivity index is 1.00. The Labute approximate surface area is 251 Å². The van der Waals surface area contributed by atoms with Crippen LogP contribution in [0.3, 0.4) is 0 Å². The van der Waals surface area contributed by atoms with Crippen LogP contribution in [0.15, 0.2) is 47.3 Å². The van der Waals surface area contributed by atoms with E-state index < -0.39 is 12.0 Å². The Bertz CT molecular complexity index is 1460. The number of piperazine rings is 2. The molecule has 0 spiro atoms. The molecule has 43 heavy (non-hydrogen) atoms. The van der Waals surface area contributed by atoms with Crippen LogP contribution in [0.4, 0.5) is 4.39 Å². The van der Waals surface area contributed by atoms with Gasteiger partial charge in [-0.25, -0.2) is 9.49 Å². The minimum atomic E-state index is -1.12. The molecule has 6 rings (SSSR count). The number of fused-ring (bicyclic) bond motifs is 1. The molecule has 1 unspecified atom stereocenters. The van der Waals surface area contributed by atoms with Crippen molar-refractivity contribution in [3.63, 3.8) is 0 Å². The number of aliphatic hydroxyl groups excluding tert-OH is 1. The second kappa shape index (κ2) is 13.6. The Kier molecular flexibility index (Phi) is 9.44. The van der Waals surface area contributed by atoms with Gasteiger partial charge in [-0.3, -0.25) is 19.4 Å². The average molecular weight is 592 g/mol. The number of piperidine rings is 1. The molecule has 0 radical (unpaired) electrons. The highest BCUT2D eigenvalue weighted by atomic mass is 19.1. The molecule has 0 saturated carbocycles. The van der Waals surface area contributed by atoms with Gasteiger partial charge < -0.3 is 20.2 Å². The normalized spacial score (nSPS) is 20.5. The number of nitrogens with zero attached hydrogens (tertiary/aromatic N) is 5. The van der Waals surface area contributed by atoms with Gasteiger partial charge in [0, 0.05) is 76.3 Å². The molecule has 1 aromatic heterocycles. The number of hydrogen-bond donors (Lipinski definition) is 3. The third kappa shape index (κ3) is 7.13. The van der Waals surface area contributed by atoms with Crippen LogP contribution in [0.5, 0.6) is 0 Å². The minimum Gasteiger partial charge on any atom is -0.374 e. The van der Waals surface area contributed by atoms with Gasteiger partial charge in [-0.05, 0) is 55.6 Å². The number of aromatic nitrogens is 2. The fourth-order valence-corrected chi connectivity index (χ4v) is 6.66. The van der Waals surface area contributed by atoms with Crippen molar-refractivity contribution in [2.24, 2.45) is 5.92 Å². The number of aromatic amines is 1. The highest BCUT2D eigenvalue weighted by Gasteiger charge is 2.29. The molecule has 3 aromatic rings. The van der Waals surface area contributed by atoms with Crippen LogP contribution in [0.25, 0.3) is 10.8 Å².